The molecule has 1 aliphatic rings. The quantitative estimate of drug-likeness (QED) is 0.651. The van der Waals surface area contributed by atoms with E-state index in [0.717, 1.165) is 49.4 Å². The van der Waals surface area contributed by atoms with Gasteiger partial charge >= 0.3 is 6.01 Å². The minimum absolute atomic E-state index is 0.0758. The van der Waals surface area contributed by atoms with Crippen LogP contribution >= 0.6 is 11.6 Å². The number of aromatic nitrogens is 2. The third-order valence-electron chi connectivity index (χ3n) is 5.88. The van der Waals surface area contributed by atoms with Gasteiger partial charge in [-0.25, -0.2) is 0 Å². The lowest BCUT2D eigenvalue weighted by molar-refractivity contribution is -0.139. The second-order valence-corrected chi connectivity index (χ2v) is 8.66. The molecule has 0 unspecified atom stereocenters. The lowest BCUT2D eigenvalue weighted by atomic mass is 10.0. The fourth-order valence-corrected chi connectivity index (χ4v) is 4.07. The zero-order valence-electron chi connectivity index (χ0n) is 18.9. The molecular formula is C22H32ClN5O3. The molecule has 1 aliphatic heterocycles. The van der Waals surface area contributed by atoms with Gasteiger partial charge in [-0.3, -0.25) is 9.69 Å². The maximum atomic E-state index is 12.6. The largest absolute Gasteiger partial charge is 0.405 e. The van der Waals surface area contributed by atoms with E-state index in [-0.39, 0.29) is 24.5 Å². The van der Waals surface area contributed by atoms with Crippen LogP contribution in [-0.2, 0) is 22.7 Å². The summed E-state index contributed by atoms with van der Waals surface area (Å²) >= 11 is 6.41. The van der Waals surface area contributed by atoms with Gasteiger partial charge in [0.05, 0.1) is 0 Å². The smallest absolute Gasteiger partial charge is 0.320 e. The minimum Gasteiger partial charge on any atom is -0.405 e. The number of carbonyl (C=O) groups excluding carboxylic acids is 1. The van der Waals surface area contributed by atoms with Gasteiger partial charge in [0.2, 0.25) is 11.8 Å². The molecule has 1 saturated heterocycles. The SMILES string of the molecule is CC[C@H](C)C(=O)N1CCN(Cc2cc(Cl)cc(Nc3nnc(COC)o3)c2C)C[C@@H]1C. The number of rotatable bonds is 8. The van der Waals surface area contributed by atoms with Crippen molar-refractivity contribution in [2.75, 3.05) is 32.1 Å². The van der Waals surface area contributed by atoms with Gasteiger partial charge < -0.3 is 19.4 Å². The van der Waals surface area contributed by atoms with Gasteiger partial charge in [0.25, 0.3) is 0 Å². The number of nitrogens with one attached hydrogen (secondary N) is 1. The minimum atomic E-state index is 0.0758. The van der Waals surface area contributed by atoms with Crippen molar-refractivity contribution in [3.8, 4) is 0 Å². The number of amides is 1. The Morgan fingerprint density at radius 3 is 2.84 bits per heavy atom. The molecule has 1 aromatic heterocycles. The van der Waals surface area contributed by atoms with Crippen LogP contribution in [0.2, 0.25) is 5.02 Å². The maximum Gasteiger partial charge on any atom is 0.320 e. The van der Waals surface area contributed by atoms with Gasteiger partial charge in [0, 0.05) is 56.0 Å². The molecule has 2 heterocycles. The van der Waals surface area contributed by atoms with E-state index in [9.17, 15) is 4.79 Å². The van der Waals surface area contributed by atoms with Crippen LogP contribution in [-0.4, -0.2) is 58.7 Å². The normalized spacial score (nSPS) is 18.3. The van der Waals surface area contributed by atoms with Gasteiger partial charge in [0.1, 0.15) is 6.61 Å². The third-order valence-corrected chi connectivity index (χ3v) is 6.10. The Morgan fingerprint density at radius 1 is 1.39 bits per heavy atom. The van der Waals surface area contributed by atoms with Gasteiger partial charge in [-0.15, -0.1) is 5.10 Å². The van der Waals surface area contributed by atoms with Crippen LogP contribution in [0.5, 0.6) is 0 Å². The van der Waals surface area contributed by atoms with Crippen molar-refractivity contribution in [1.29, 1.82) is 0 Å². The molecule has 0 saturated carbocycles. The van der Waals surface area contributed by atoms with Crippen molar-refractivity contribution in [2.45, 2.75) is 53.3 Å². The topological polar surface area (TPSA) is 83.7 Å². The molecule has 2 aromatic rings. The van der Waals surface area contributed by atoms with Crippen molar-refractivity contribution < 1.29 is 13.9 Å². The highest BCUT2D eigenvalue weighted by molar-refractivity contribution is 6.31. The number of carbonyl (C=O) groups is 1. The predicted molar refractivity (Wildman–Crippen MR) is 120 cm³/mol. The van der Waals surface area contributed by atoms with E-state index in [1.165, 1.54) is 0 Å². The summed E-state index contributed by atoms with van der Waals surface area (Å²) in [7, 11) is 1.58. The van der Waals surface area contributed by atoms with E-state index in [1.54, 1.807) is 7.11 Å². The number of ether oxygens (including phenoxy) is 1. The fourth-order valence-electron chi connectivity index (χ4n) is 3.83. The number of hydrogen-bond acceptors (Lipinski definition) is 7. The third kappa shape index (κ3) is 5.75. The van der Waals surface area contributed by atoms with Crippen LogP contribution in [0.1, 0.15) is 44.2 Å². The molecule has 1 aromatic carbocycles. The molecule has 9 heteroatoms. The number of piperazine rings is 1. The molecule has 0 aliphatic carbocycles. The van der Waals surface area contributed by atoms with Crippen molar-refractivity contribution in [3.63, 3.8) is 0 Å². The van der Waals surface area contributed by atoms with Crippen LogP contribution < -0.4 is 5.32 Å². The number of anilines is 2. The predicted octanol–water partition coefficient (Wildman–Crippen LogP) is 4.00. The van der Waals surface area contributed by atoms with Gasteiger partial charge in [-0.1, -0.05) is 30.5 Å². The van der Waals surface area contributed by atoms with Crippen molar-refractivity contribution in [1.82, 2.24) is 20.0 Å². The average molecular weight is 450 g/mol. The Hall–Kier alpha value is -2.16. The van der Waals surface area contributed by atoms with Crippen molar-refractivity contribution in [2.24, 2.45) is 5.92 Å². The zero-order chi connectivity index (χ0) is 22.5. The summed E-state index contributed by atoms with van der Waals surface area (Å²) in [5.41, 5.74) is 3.02. The van der Waals surface area contributed by atoms with E-state index in [0.29, 0.717) is 16.9 Å². The van der Waals surface area contributed by atoms with E-state index in [4.69, 9.17) is 20.8 Å². The zero-order valence-corrected chi connectivity index (χ0v) is 19.7. The van der Waals surface area contributed by atoms with Crippen molar-refractivity contribution in [3.05, 3.63) is 34.2 Å². The van der Waals surface area contributed by atoms with Crippen LogP contribution in [0.3, 0.4) is 0 Å². The first-order valence-corrected chi connectivity index (χ1v) is 11.1. The molecule has 3 rings (SSSR count). The summed E-state index contributed by atoms with van der Waals surface area (Å²) < 4.78 is 10.6. The van der Waals surface area contributed by atoms with Crippen LogP contribution in [0.25, 0.3) is 0 Å². The molecule has 1 N–H and O–H groups in total. The summed E-state index contributed by atoms with van der Waals surface area (Å²) in [6.07, 6.45) is 0.871. The molecular weight excluding hydrogens is 418 g/mol. The second kappa shape index (κ2) is 10.4. The number of hydrogen-bond donors (Lipinski definition) is 1. The highest BCUT2D eigenvalue weighted by Gasteiger charge is 2.29. The Bertz CT molecular complexity index is 903. The lowest BCUT2D eigenvalue weighted by Gasteiger charge is -2.41. The highest BCUT2D eigenvalue weighted by atomic mass is 35.5. The summed E-state index contributed by atoms with van der Waals surface area (Å²) in [6.45, 7) is 11.7. The summed E-state index contributed by atoms with van der Waals surface area (Å²) in [6, 6.07) is 4.33. The number of nitrogens with zero attached hydrogens (tertiary/aromatic N) is 4. The first-order chi connectivity index (χ1) is 14.8. The van der Waals surface area contributed by atoms with Gasteiger partial charge in [0.15, 0.2) is 0 Å². The number of methoxy groups -OCH3 is 1. The standard InChI is InChI=1S/C22H32ClN5O3/c1-6-14(2)21(29)28-8-7-27(11-15(28)3)12-17-9-18(23)10-19(16(17)4)24-22-26-25-20(31-22)13-30-5/h9-10,14-15H,6-8,11-13H2,1-5H3,(H,24,26)/t14-,15-/m0/s1. The molecule has 170 valence electrons. The first-order valence-electron chi connectivity index (χ1n) is 10.7. The van der Waals surface area contributed by atoms with Crippen LogP contribution in [0, 0.1) is 12.8 Å². The van der Waals surface area contributed by atoms with Gasteiger partial charge in [-0.05, 0) is 43.5 Å². The molecule has 0 spiro atoms. The monoisotopic (exact) mass is 449 g/mol. The molecule has 31 heavy (non-hydrogen) atoms. The van der Waals surface area contributed by atoms with E-state index >= 15 is 0 Å². The summed E-state index contributed by atoms with van der Waals surface area (Å²) in [5, 5.41) is 11.7. The number of halogens is 1. The second-order valence-electron chi connectivity index (χ2n) is 8.22. The van der Waals surface area contributed by atoms with Crippen molar-refractivity contribution >= 4 is 29.2 Å². The maximum absolute atomic E-state index is 12.6. The average Bonchev–Trinajstić information content (AvgIpc) is 3.17. The molecule has 8 nitrogen and oxygen atoms in total. The molecule has 2 atom stereocenters. The number of benzene rings is 1. The highest BCUT2D eigenvalue weighted by Crippen LogP contribution is 2.29. The molecule has 0 radical (unpaired) electrons. The summed E-state index contributed by atoms with van der Waals surface area (Å²) in [5.74, 6) is 0.739. The fraction of sp³-hybridized carbons (Fsp3) is 0.591. The first kappa shape index (κ1) is 23.5. The Kier molecular flexibility index (Phi) is 7.91. The Labute approximate surface area is 188 Å². The lowest BCUT2D eigenvalue weighted by Crippen LogP contribution is -2.54. The Balaban J connectivity index is 1.69. The van der Waals surface area contributed by atoms with E-state index < -0.39 is 0 Å². The molecule has 0 bridgehead atoms. The molecule has 1 fully saturated rings. The summed E-state index contributed by atoms with van der Waals surface area (Å²) in [4.78, 5) is 17.0. The Morgan fingerprint density at radius 2 is 2.16 bits per heavy atom. The molecule has 1 amide bonds. The van der Waals surface area contributed by atoms with Gasteiger partial charge in [-0.2, -0.15) is 0 Å². The van der Waals surface area contributed by atoms with Crippen LogP contribution in [0.4, 0.5) is 11.7 Å². The van der Waals surface area contributed by atoms with E-state index in [2.05, 4.69) is 34.3 Å². The van der Waals surface area contributed by atoms with Crippen LogP contribution in [0.15, 0.2) is 16.5 Å². The van der Waals surface area contributed by atoms with E-state index in [1.807, 2.05) is 30.9 Å².